The van der Waals surface area contributed by atoms with Crippen molar-refractivity contribution in [3.8, 4) is 0 Å². The van der Waals surface area contributed by atoms with E-state index in [9.17, 15) is 19.2 Å². The minimum Gasteiger partial charge on any atom is -0.477 e. The van der Waals surface area contributed by atoms with Gasteiger partial charge < -0.3 is 19.1 Å². The van der Waals surface area contributed by atoms with Crippen LogP contribution in [0.25, 0.3) is 0 Å². The first-order chi connectivity index (χ1) is 14.8. The van der Waals surface area contributed by atoms with Crippen LogP contribution in [0.1, 0.15) is 41.0 Å². The van der Waals surface area contributed by atoms with Crippen molar-refractivity contribution < 1.29 is 33.4 Å². The van der Waals surface area contributed by atoms with E-state index in [1.165, 1.54) is 7.11 Å². The Kier molecular flexibility index (Phi) is 6.43. The van der Waals surface area contributed by atoms with E-state index >= 15 is 0 Å². The van der Waals surface area contributed by atoms with Gasteiger partial charge in [-0.15, -0.1) is 0 Å². The summed E-state index contributed by atoms with van der Waals surface area (Å²) in [7, 11) is 2.92. The Morgan fingerprint density at radius 1 is 1.03 bits per heavy atom. The van der Waals surface area contributed by atoms with Crippen LogP contribution in [0.5, 0.6) is 0 Å². The topological polar surface area (TPSA) is 102 Å². The van der Waals surface area contributed by atoms with E-state index in [4.69, 9.17) is 14.2 Å². The molecule has 2 aliphatic rings. The normalized spacial score (nSPS) is 16.0. The highest BCUT2D eigenvalue weighted by molar-refractivity contribution is 6.21. The Balaban J connectivity index is 1.78. The number of rotatable bonds is 7. The number of methoxy groups -OCH3 is 1. The number of nitrogens with zero attached hydrogens (tertiary/aromatic N) is 2. The number of benzene rings is 1. The summed E-state index contributed by atoms with van der Waals surface area (Å²) in [6.45, 7) is 3.52. The zero-order chi connectivity index (χ0) is 22.7. The van der Waals surface area contributed by atoms with Gasteiger partial charge >= 0.3 is 11.9 Å². The lowest BCUT2D eigenvalue weighted by Crippen LogP contribution is -2.35. The number of esters is 2. The molecule has 31 heavy (non-hydrogen) atoms. The number of amides is 2. The molecule has 9 nitrogen and oxygen atoms in total. The van der Waals surface area contributed by atoms with Crippen molar-refractivity contribution in [1.82, 2.24) is 9.80 Å². The molecule has 0 radical (unpaired) electrons. The fourth-order valence-corrected chi connectivity index (χ4v) is 3.52. The largest absolute Gasteiger partial charge is 0.477 e. The zero-order valence-electron chi connectivity index (χ0n) is 17.9. The number of imide groups is 1. The van der Waals surface area contributed by atoms with Gasteiger partial charge in [0.25, 0.3) is 11.8 Å². The Morgan fingerprint density at radius 2 is 1.65 bits per heavy atom. The highest BCUT2D eigenvalue weighted by Gasteiger charge is 2.36. The first-order valence-corrected chi connectivity index (χ1v) is 9.81. The molecule has 0 saturated carbocycles. The van der Waals surface area contributed by atoms with Crippen molar-refractivity contribution in [2.75, 3.05) is 33.9 Å². The van der Waals surface area contributed by atoms with Crippen molar-refractivity contribution in [3.63, 3.8) is 0 Å². The highest BCUT2D eigenvalue weighted by Crippen LogP contribution is 2.31. The van der Waals surface area contributed by atoms with Crippen molar-refractivity contribution >= 4 is 23.8 Å². The molecule has 2 amide bonds. The van der Waals surface area contributed by atoms with E-state index in [1.807, 2.05) is 0 Å². The molecule has 0 saturated heterocycles. The van der Waals surface area contributed by atoms with E-state index < -0.39 is 11.9 Å². The first kappa shape index (κ1) is 22.1. The summed E-state index contributed by atoms with van der Waals surface area (Å²) >= 11 is 0. The Morgan fingerprint density at radius 3 is 2.19 bits per heavy atom. The third kappa shape index (κ3) is 4.03. The van der Waals surface area contributed by atoms with Gasteiger partial charge in [0.05, 0.1) is 37.0 Å². The number of fused-ring (bicyclic) bond motifs is 1. The van der Waals surface area contributed by atoms with E-state index in [1.54, 1.807) is 50.1 Å². The Bertz CT molecular complexity index is 974. The first-order valence-electron chi connectivity index (χ1n) is 9.81. The van der Waals surface area contributed by atoms with Crippen LogP contribution in [0.4, 0.5) is 0 Å². The molecule has 2 heterocycles. The number of ether oxygens (including phenoxy) is 3. The van der Waals surface area contributed by atoms with Crippen LogP contribution in [0, 0.1) is 0 Å². The van der Waals surface area contributed by atoms with Gasteiger partial charge in [0, 0.05) is 19.2 Å². The van der Waals surface area contributed by atoms with Crippen LogP contribution in [-0.4, -0.2) is 67.5 Å². The van der Waals surface area contributed by atoms with Gasteiger partial charge in [-0.2, -0.15) is 0 Å². The van der Waals surface area contributed by atoms with E-state index in [-0.39, 0.29) is 49.4 Å². The molecule has 164 valence electrons. The zero-order valence-corrected chi connectivity index (χ0v) is 17.9. The van der Waals surface area contributed by atoms with E-state index in [0.717, 1.165) is 4.90 Å². The van der Waals surface area contributed by atoms with Crippen LogP contribution in [-0.2, 0) is 23.8 Å². The molecule has 2 aliphatic heterocycles. The summed E-state index contributed by atoms with van der Waals surface area (Å²) < 4.78 is 15.8. The molecule has 9 heteroatoms. The van der Waals surface area contributed by atoms with Gasteiger partial charge in [-0.05, 0) is 26.0 Å². The summed E-state index contributed by atoms with van der Waals surface area (Å²) in [5, 5.41) is 0. The SMILES string of the molecule is CCOC(=O)C1=C(OCCN2C(=O)c3ccccc3C2=O)N(C)C(C)=C(C(=O)OC)C1. The lowest BCUT2D eigenvalue weighted by atomic mass is 9.99. The monoisotopic (exact) mass is 428 g/mol. The van der Waals surface area contributed by atoms with Crippen LogP contribution >= 0.6 is 0 Å². The summed E-state index contributed by atoms with van der Waals surface area (Å²) in [5.74, 6) is -1.72. The van der Waals surface area contributed by atoms with Crippen molar-refractivity contribution in [2.24, 2.45) is 0 Å². The summed E-state index contributed by atoms with van der Waals surface area (Å²) in [5.41, 5.74) is 1.76. The maximum absolute atomic E-state index is 12.5. The third-order valence-electron chi connectivity index (χ3n) is 5.24. The van der Waals surface area contributed by atoms with Gasteiger partial charge in [-0.1, -0.05) is 12.1 Å². The standard InChI is InChI=1S/C22H24N2O7/c1-5-30-22(28)17-12-16(21(27)29-4)13(2)23(3)20(17)31-11-10-24-18(25)14-8-6-7-9-15(14)19(24)26/h6-9H,5,10-12H2,1-4H3. The molecule has 0 aliphatic carbocycles. The quantitative estimate of drug-likeness (QED) is 0.479. The molecule has 1 aromatic carbocycles. The molecular formula is C22H24N2O7. The molecule has 0 spiro atoms. The minimum absolute atomic E-state index is 0.00636. The second kappa shape index (κ2) is 9.03. The van der Waals surface area contributed by atoms with Crippen molar-refractivity contribution in [3.05, 3.63) is 58.1 Å². The minimum atomic E-state index is -0.612. The smallest absolute Gasteiger partial charge is 0.339 e. The average molecular weight is 428 g/mol. The van der Waals surface area contributed by atoms with Gasteiger partial charge in [-0.3, -0.25) is 14.5 Å². The second-order valence-corrected chi connectivity index (χ2v) is 6.95. The van der Waals surface area contributed by atoms with Gasteiger partial charge in [-0.25, -0.2) is 9.59 Å². The molecule has 0 N–H and O–H groups in total. The molecule has 0 atom stereocenters. The predicted molar refractivity (Wildman–Crippen MR) is 109 cm³/mol. The summed E-state index contributed by atoms with van der Waals surface area (Å²) in [6.07, 6.45) is -0.00989. The van der Waals surface area contributed by atoms with Gasteiger partial charge in [0.15, 0.2) is 0 Å². The van der Waals surface area contributed by atoms with Crippen LogP contribution < -0.4 is 0 Å². The third-order valence-corrected chi connectivity index (χ3v) is 5.24. The highest BCUT2D eigenvalue weighted by atomic mass is 16.5. The number of allylic oxidation sites excluding steroid dienone is 1. The maximum atomic E-state index is 12.5. The predicted octanol–water partition coefficient (Wildman–Crippen LogP) is 1.86. The fourth-order valence-electron chi connectivity index (χ4n) is 3.52. The number of carbonyl (C=O) groups excluding carboxylic acids is 4. The molecule has 0 unspecified atom stereocenters. The number of hydrogen-bond acceptors (Lipinski definition) is 8. The maximum Gasteiger partial charge on any atom is 0.339 e. The Hall–Kier alpha value is -3.62. The van der Waals surface area contributed by atoms with E-state index in [2.05, 4.69) is 0 Å². The van der Waals surface area contributed by atoms with Crippen LogP contribution in [0.2, 0.25) is 0 Å². The molecule has 1 aromatic rings. The average Bonchev–Trinajstić information content (AvgIpc) is 3.01. The van der Waals surface area contributed by atoms with Crippen LogP contribution in [0.15, 0.2) is 47.0 Å². The number of carbonyl (C=O) groups is 4. The molecule has 0 bridgehead atoms. The van der Waals surface area contributed by atoms with Crippen LogP contribution in [0.3, 0.4) is 0 Å². The fraction of sp³-hybridized carbons (Fsp3) is 0.364. The van der Waals surface area contributed by atoms with E-state index in [0.29, 0.717) is 22.4 Å². The molecule has 0 aromatic heterocycles. The molecule has 3 rings (SSSR count). The lowest BCUT2D eigenvalue weighted by Gasteiger charge is -2.31. The molecule has 0 fully saturated rings. The number of hydrogen-bond donors (Lipinski definition) is 0. The van der Waals surface area contributed by atoms with Gasteiger partial charge in [0.2, 0.25) is 5.88 Å². The Labute approximate surface area is 179 Å². The molecular weight excluding hydrogens is 404 g/mol. The van der Waals surface area contributed by atoms with Crippen molar-refractivity contribution in [2.45, 2.75) is 20.3 Å². The second-order valence-electron chi connectivity index (χ2n) is 6.95. The summed E-state index contributed by atoms with van der Waals surface area (Å²) in [6, 6.07) is 6.61. The lowest BCUT2D eigenvalue weighted by molar-refractivity contribution is -0.139. The van der Waals surface area contributed by atoms with Crippen molar-refractivity contribution in [1.29, 1.82) is 0 Å². The van der Waals surface area contributed by atoms with Gasteiger partial charge in [0.1, 0.15) is 12.2 Å². The summed E-state index contributed by atoms with van der Waals surface area (Å²) in [4.78, 5) is 52.3.